The number of benzene rings is 1. The van der Waals surface area contributed by atoms with Gasteiger partial charge in [0, 0.05) is 18.0 Å². The number of nitrogens with zero attached hydrogens (tertiary/aromatic N) is 1. The highest BCUT2D eigenvalue weighted by Crippen LogP contribution is 2.17. The van der Waals surface area contributed by atoms with E-state index >= 15 is 0 Å². The lowest BCUT2D eigenvalue weighted by Gasteiger charge is -2.04. The summed E-state index contributed by atoms with van der Waals surface area (Å²) < 4.78 is 4.63. The van der Waals surface area contributed by atoms with Crippen molar-refractivity contribution in [1.29, 1.82) is 0 Å². The largest absolute Gasteiger partial charge is 0.469 e. The van der Waals surface area contributed by atoms with Crippen molar-refractivity contribution in [3.63, 3.8) is 0 Å². The fourth-order valence-corrected chi connectivity index (χ4v) is 1.71. The van der Waals surface area contributed by atoms with Crippen molar-refractivity contribution in [2.75, 3.05) is 7.11 Å². The smallest absolute Gasteiger partial charge is 0.305 e. The number of carbonyl (C=O) groups excluding carboxylic acids is 1. The molecule has 0 aliphatic carbocycles. The topological polar surface area (TPSA) is 39.2 Å². The first-order chi connectivity index (χ1) is 7.81. The van der Waals surface area contributed by atoms with Crippen LogP contribution in [-0.2, 0) is 16.0 Å². The van der Waals surface area contributed by atoms with Gasteiger partial charge in [0.25, 0.3) is 0 Å². The molecule has 0 radical (unpaired) electrons. The number of aromatic nitrogens is 1. The van der Waals surface area contributed by atoms with Crippen molar-refractivity contribution in [2.45, 2.75) is 12.8 Å². The maximum Gasteiger partial charge on any atom is 0.305 e. The fraction of sp³-hybridized carbons (Fsp3) is 0.231. The Kier molecular flexibility index (Phi) is 3.15. The van der Waals surface area contributed by atoms with Crippen molar-refractivity contribution >= 4 is 16.9 Å². The van der Waals surface area contributed by atoms with Crippen LogP contribution < -0.4 is 0 Å². The number of methoxy groups -OCH3 is 1. The van der Waals surface area contributed by atoms with Gasteiger partial charge >= 0.3 is 5.97 Å². The second-order valence-electron chi connectivity index (χ2n) is 3.56. The molecule has 3 nitrogen and oxygen atoms in total. The molecule has 0 bridgehead atoms. The Balaban J connectivity index is 2.27. The fourth-order valence-electron chi connectivity index (χ4n) is 1.71. The Morgan fingerprint density at radius 1 is 1.31 bits per heavy atom. The molecule has 0 amide bonds. The summed E-state index contributed by atoms with van der Waals surface area (Å²) in [7, 11) is 1.41. The van der Waals surface area contributed by atoms with E-state index in [1.807, 2.05) is 30.3 Å². The molecule has 0 N–H and O–H groups in total. The van der Waals surface area contributed by atoms with Gasteiger partial charge in [-0.3, -0.25) is 9.78 Å². The van der Waals surface area contributed by atoms with Crippen LogP contribution in [0.1, 0.15) is 12.0 Å². The highest BCUT2D eigenvalue weighted by molar-refractivity contribution is 5.82. The molecule has 1 aromatic carbocycles. The van der Waals surface area contributed by atoms with E-state index in [-0.39, 0.29) is 5.97 Å². The average Bonchev–Trinajstić information content (AvgIpc) is 2.35. The lowest BCUT2D eigenvalue weighted by atomic mass is 10.1. The molecule has 82 valence electrons. The molecule has 16 heavy (non-hydrogen) atoms. The van der Waals surface area contributed by atoms with Crippen molar-refractivity contribution in [3.05, 3.63) is 42.1 Å². The molecular formula is C13H13NO2. The van der Waals surface area contributed by atoms with Gasteiger partial charge in [0.05, 0.1) is 12.6 Å². The molecule has 0 fully saturated rings. The Hall–Kier alpha value is -1.90. The minimum Gasteiger partial charge on any atom is -0.469 e. The molecule has 0 saturated carbocycles. The van der Waals surface area contributed by atoms with Gasteiger partial charge in [0.15, 0.2) is 0 Å². The van der Waals surface area contributed by atoms with Gasteiger partial charge in [-0.1, -0.05) is 18.2 Å². The van der Waals surface area contributed by atoms with Crippen molar-refractivity contribution < 1.29 is 9.53 Å². The molecule has 1 heterocycles. The summed E-state index contributed by atoms with van der Waals surface area (Å²) in [4.78, 5) is 15.4. The van der Waals surface area contributed by atoms with Gasteiger partial charge in [0.1, 0.15) is 0 Å². The maximum absolute atomic E-state index is 11.1. The molecule has 0 saturated heterocycles. The standard InChI is InChI=1S/C13H13NO2/c1-16-13(15)7-6-10-8-9-14-12-5-3-2-4-11(10)12/h2-5,8-9H,6-7H2,1H3. The van der Waals surface area contributed by atoms with Crippen molar-refractivity contribution in [1.82, 2.24) is 4.98 Å². The first-order valence-corrected chi connectivity index (χ1v) is 5.20. The van der Waals surface area contributed by atoms with Gasteiger partial charge < -0.3 is 4.74 Å². The molecule has 0 unspecified atom stereocenters. The van der Waals surface area contributed by atoms with Crippen LogP contribution in [0.2, 0.25) is 0 Å². The van der Waals surface area contributed by atoms with Gasteiger partial charge in [-0.25, -0.2) is 0 Å². The van der Waals surface area contributed by atoms with Gasteiger partial charge in [-0.05, 0) is 24.1 Å². The number of carbonyl (C=O) groups is 1. The Bertz CT molecular complexity index is 503. The summed E-state index contributed by atoms with van der Waals surface area (Å²) in [6.07, 6.45) is 2.87. The molecule has 2 rings (SSSR count). The zero-order chi connectivity index (χ0) is 11.4. The van der Waals surface area contributed by atoms with E-state index in [0.717, 1.165) is 16.5 Å². The van der Waals surface area contributed by atoms with Crippen LogP contribution >= 0.6 is 0 Å². The molecule has 0 atom stereocenters. The zero-order valence-corrected chi connectivity index (χ0v) is 9.14. The van der Waals surface area contributed by atoms with Crippen LogP contribution in [0.4, 0.5) is 0 Å². The van der Waals surface area contributed by atoms with Crippen LogP contribution in [0.15, 0.2) is 36.5 Å². The molecular weight excluding hydrogens is 202 g/mol. The third kappa shape index (κ3) is 2.19. The second-order valence-corrected chi connectivity index (χ2v) is 3.56. The number of hydrogen-bond acceptors (Lipinski definition) is 3. The van der Waals surface area contributed by atoms with Crippen molar-refractivity contribution in [3.8, 4) is 0 Å². The summed E-state index contributed by atoms with van der Waals surface area (Å²) in [6, 6.07) is 9.88. The van der Waals surface area contributed by atoms with Crippen LogP contribution in [-0.4, -0.2) is 18.1 Å². The number of esters is 1. The lowest BCUT2D eigenvalue weighted by molar-refractivity contribution is -0.140. The summed E-state index contributed by atoms with van der Waals surface area (Å²) >= 11 is 0. The molecule has 1 aromatic heterocycles. The summed E-state index contributed by atoms with van der Waals surface area (Å²) in [5.74, 6) is -0.180. The highest BCUT2D eigenvalue weighted by atomic mass is 16.5. The Labute approximate surface area is 94.1 Å². The SMILES string of the molecule is COC(=O)CCc1ccnc2ccccc12. The number of ether oxygens (including phenoxy) is 1. The minimum atomic E-state index is -0.180. The van der Waals surface area contributed by atoms with E-state index in [9.17, 15) is 4.79 Å². The van der Waals surface area contributed by atoms with Gasteiger partial charge in [-0.2, -0.15) is 0 Å². The third-order valence-electron chi connectivity index (χ3n) is 2.57. The molecule has 0 aliphatic rings. The first kappa shape index (κ1) is 10.6. The maximum atomic E-state index is 11.1. The monoisotopic (exact) mass is 215 g/mol. The number of hydrogen-bond donors (Lipinski definition) is 0. The number of fused-ring (bicyclic) bond motifs is 1. The van der Waals surface area contributed by atoms with E-state index in [2.05, 4.69) is 9.72 Å². The summed E-state index contributed by atoms with van der Waals surface area (Å²) in [5, 5.41) is 1.11. The number of aryl methyl sites for hydroxylation is 1. The normalized spacial score (nSPS) is 10.3. The second kappa shape index (κ2) is 4.75. The van der Waals surface area contributed by atoms with E-state index in [1.54, 1.807) is 6.20 Å². The predicted octanol–water partition coefficient (Wildman–Crippen LogP) is 2.34. The molecule has 2 aromatic rings. The van der Waals surface area contributed by atoms with Gasteiger partial charge in [0.2, 0.25) is 0 Å². The first-order valence-electron chi connectivity index (χ1n) is 5.20. The molecule has 0 aliphatic heterocycles. The van der Waals surface area contributed by atoms with Crippen LogP contribution in [0, 0.1) is 0 Å². The van der Waals surface area contributed by atoms with E-state index in [4.69, 9.17) is 0 Å². The molecule has 0 spiro atoms. The minimum absolute atomic E-state index is 0.180. The highest BCUT2D eigenvalue weighted by Gasteiger charge is 2.04. The van der Waals surface area contributed by atoms with Crippen LogP contribution in [0.5, 0.6) is 0 Å². The zero-order valence-electron chi connectivity index (χ0n) is 9.14. The van der Waals surface area contributed by atoms with E-state index < -0.39 is 0 Å². The summed E-state index contributed by atoms with van der Waals surface area (Å²) in [5.41, 5.74) is 2.10. The number of rotatable bonds is 3. The van der Waals surface area contributed by atoms with Crippen molar-refractivity contribution in [2.24, 2.45) is 0 Å². The van der Waals surface area contributed by atoms with Gasteiger partial charge in [-0.15, -0.1) is 0 Å². The quantitative estimate of drug-likeness (QED) is 0.738. The van der Waals surface area contributed by atoms with E-state index in [0.29, 0.717) is 12.8 Å². The van der Waals surface area contributed by atoms with Crippen LogP contribution in [0.25, 0.3) is 10.9 Å². The summed E-state index contributed by atoms with van der Waals surface area (Å²) in [6.45, 7) is 0. The average molecular weight is 215 g/mol. The Morgan fingerprint density at radius 2 is 2.12 bits per heavy atom. The third-order valence-corrected chi connectivity index (χ3v) is 2.57. The Morgan fingerprint density at radius 3 is 2.94 bits per heavy atom. The lowest BCUT2D eigenvalue weighted by Crippen LogP contribution is -2.02. The molecule has 3 heteroatoms. The number of pyridine rings is 1. The van der Waals surface area contributed by atoms with E-state index in [1.165, 1.54) is 7.11 Å². The number of para-hydroxylation sites is 1. The predicted molar refractivity (Wildman–Crippen MR) is 62.1 cm³/mol. The van der Waals surface area contributed by atoms with Crippen LogP contribution in [0.3, 0.4) is 0 Å².